The molecule has 0 aliphatic heterocycles. The van der Waals surface area contributed by atoms with Crippen molar-refractivity contribution in [2.45, 2.75) is 13.1 Å². The second-order valence-corrected chi connectivity index (χ2v) is 4.55. The van der Waals surface area contributed by atoms with Crippen LogP contribution in [0.4, 0.5) is 4.39 Å². The second kappa shape index (κ2) is 9.24. The molecule has 0 aromatic heterocycles. The summed E-state index contributed by atoms with van der Waals surface area (Å²) in [5.74, 6) is -0.334. The quantitative estimate of drug-likeness (QED) is 0.409. The van der Waals surface area contributed by atoms with Crippen molar-refractivity contribution in [3.05, 3.63) is 65.5 Å². The highest BCUT2D eigenvalue weighted by Crippen LogP contribution is 2.15. The van der Waals surface area contributed by atoms with E-state index in [9.17, 15) is 4.39 Å². The molecule has 22 heavy (non-hydrogen) atoms. The third-order valence-corrected chi connectivity index (χ3v) is 3.00. The van der Waals surface area contributed by atoms with Crippen LogP contribution >= 0.6 is 24.0 Å². The van der Waals surface area contributed by atoms with E-state index in [4.69, 9.17) is 5.11 Å². The van der Waals surface area contributed by atoms with Crippen LogP contribution in [0, 0.1) is 5.82 Å². The number of benzene rings is 2. The van der Waals surface area contributed by atoms with Gasteiger partial charge in [0.25, 0.3) is 0 Å². The van der Waals surface area contributed by atoms with Gasteiger partial charge in [0.05, 0.1) is 0 Å². The van der Waals surface area contributed by atoms with Crippen LogP contribution < -0.4 is 10.6 Å². The largest absolute Gasteiger partial charge is 0.505 e. The third-order valence-electron chi connectivity index (χ3n) is 3.00. The summed E-state index contributed by atoms with van der Waals surface area (Å²) < 4.78 is 13.2. The first-order valence-corrected chi connectivity index (χ1v) is 6.65. The Bertz CT molecular complexity index is 620. The summed E-state index contributed by atoms with van der Waals surface area (Å²) in [6, 6.07) is 14.3. The van der Waals surface area contributed by atoms with Gasteiger partial charge in [0.15, 0.2) is 17.5 Å². The van der Waals surface area contributed by atoms with Crippen LogP contribution in [0.2, 0.25) is 0 Å². The number of hydrogen-bond donors (Lipinski definition) is 3. The van der Waals surface area contributed by atoms with E-state index in [0.29, 0.717) is 19.0 Å². The van der Waals surface area contributed by atoms with E-state index in [1.807, 2.05) is 30.3 Å². The van der Waals surface area contributed by atoms with Crippen molar-refractivity contribution in [3.8, 4) is 5.75 Å². The van der Waals surface area contributed by atoms with Gasteiger partial charge in [-0.1, -0.05) is 36.4 Å². The fourth-order valence-electron chi connectivity index (χ4n) is 1.85. The van der Waals surface area contributed by atoms with Crippen molar-refractivity contribution in [3.63, 3.8) is 0 Å². The topological polar surface area (TPSA) is 56.7 Å². The molecule has 6 heteroatoms. The van der Waals surface area contributed by atoms with Crippen molar-refractivity contribution in [2.75, 3.05) is 7.05 Å². The van der Waals surface area contributed by atoms with Crippen molar-refractivity contribution in [1.82, 2.24) is 10.6 Å². The highest BCUT2D eigenvalue weighted by molar-refractivity contribution is 14.0. The standard InChI is InChI=1S/C16H18FN3O.HI/c1-18-16(19-10-12-5-3-2-4-6-12)20-11-13-7-8-15(21)14(17)9-13;/h2-9,21H,10-11H2,1H3,(H2,18,19,20);1H. The van der Waals surface area contributed by atoms with Crippen LogP contribution in [0.5, 0.6) is 5.75 Å². The predicted octanol–water partition coefficient (Wildman–Crippen LogP) is 3.01. The molecule has 0 unspecified atom stereocenters. The summed E-state index contributed by atoms with van der Waals surface area (Å²) in [4.78, 5) is 4.11. The molecule has 0 heterocycles. The number of hydrogen-bond acceptors (Lipinski definition) is 2. The molecule has 118 valence electrons. The van der Waals surface area contributed by atoms with E-state index in [-0.39, 0.29) is 29.7 Å². The van der Waals surface area contributed by atoms with Crippen molar-refractivity contribution in [2.24, 2.45) is 4.99 Å². The smallest absolute Gasteiger partial charge is 0.191 e. The lowest BCUT2D eigenvalue weighted by Gasteiger charge is -2.12. The number of nitrogens with zero attached hydrogens (tertiary/aromatic N) is 1. The highest BCUT2D eigenvalue weighted by atomic mass is 127. The Morgan fingerprint density at radius 1 is 1.05 bits per heavy atom. The lowest BCUT2D eigenvalue weighted by molar-refractivity contribution is 0.431. The Morgan fingerprint density at radius 3 is 2.27 bits per heavy atom. The molecule has 0 spiro atoms. The second-order valence-electron chi connectivity index (χ2n) is 4.55. The zero-order valence-electron chi connectivity index (χ0n) is 12.2. The Hall–Kier alpha value is -1.83. The Kier molecular flexibility index (Phi) is 7.65. The molecule has 2 rings (SSSR count). The van der Waals surface area contributed by atoms with Crippen LogP contribution in [-0.4, -0.2) is 18.1 Å². The molecular weight excluding hydrogens is 396 g/mol. The Balaban J connectivity index is 0.00000242. The molecule has 0 bridgehead atoms. The van der Waals surface area contributed by atoms with Gasteiger partial charge < -0.3 is 15.7 Å². The SMILES string of the molecule is CN=C(NCc1ccccc1)NCc1ccc(O)c(F)c1.I. The summed E-state index contributed by atoms with van der Waals surface area (Å²) in [5, 5.41) is 15.4. The van der Waals surface area contributed by atoms with Gasteiger partial charge in [0.1, 0.15) is 0 Å². The van der Waals surface area contributed by atoms with Crippen LogP contribution in [0.15, 0.2) is 53.5 Å². The summed E-state index contributed by atoms with van der Waals surface area (Å²) in [6.45, 7) is 1.08. The zero-order chi connectivity index (χ0) is 15.1. The minimum absolute atomic E-state index is 0. The average molecular weight is 415 g/mol. The molecule has 2 aromatic carbocycles. The van der Waals surface area contributed by atoms with Gasteiger partial charge in [0, 0.05) is 20.1 Å². The maximum atomic E-state index is 13.2. The molecule has 0 saturated carbocycles. The first kappa shape index (κ1) is 18.2. The van der Waals surface area contributed by atoms with E-state index in [2.05, 4.69) is 15.6 Å². The van der Waals surface area contributed by atoms with Crippen LogP contribution in [0.1, 0.15) is 11.1 Å². The molecule has 0 radical (unpaired) electrons. The minimum Gasteiger partial charge on any atom is -0.505 e. The predicted molar refractivity (Wildman–Crippen MR) is 97.0 cm³/mol. The van der Waals surface area contributed by atoms with Crippen molar-refractivity contribution < 1.29 is 9.50 Å². The van der Waals surface area contributed by atoms with Gasteiger partial charge >= 0.3 is 0 Å². The number of rotatable bonds is 4. The first-order chi connectivity index (χ1) is 10.2. The number of guanidine groups is 1. The van der Waals surface area contributed by atoms with Gasteiger partial charge in [0.2, 0.25) is 0 Å². The molecule has 2 aromatic rings. The molecule has 0 aliphatic rings. The van der Waals surface area contributed by atoms with Crippen LogP contribution in [-0.2, 0) is 13.1 Å². The average Bonchev–Trinajstić information content (AvgIpc) is 2.52. The number of phenols is 1. The van der Waals surface area contributed by atoms with Gasteiger partial charge in [-0.25, -0.2) is 4.39 Å². The summed E-state index contributed by atoms with van der Waals surface area (Å²) in [6.07, 6.45) is 0. The van der Waals surface area contributed by atoms with Gasteiger partial charge in [-0.15, -0.1) is 24.0 Å². The third kappa shape index (κ3) is 5.51. The van der Waals surface area contributed by atoms with Crippen LogP contribution in [0.25, 0.3) is 0 Å². The van der Waals surface area contributed by atoms with Crippen LogP contribution in [0.3, 0.4) is 0 Å². The zero-order valence-corrected chi connectivity index (χ0v) is 14.5. The van der Waals surface area contributed by atoms with E-state index in [1.54, 1.807) is 13.1 Å². The maximum absolute atomic E-state index is 13.2. The normalized spacial score (nSPS) is 10.7. The molecular formula is C16H19FIN3O. The fourth-order valence-corrected chi connectivity index (χ4v) is 1.85. The molecule has 4 nitrogen and oxygen atoms in total. The summed E-state index contributed by atoms with van der Waals surface area (Å²) in [5.41, 5.74) is 1.88. The van der Waals surface area contributed by atoms with E-state index < -0.39 is 5.82 Å². The molecule has 3 N–H and O–H groups in total. The maximum Gasteiger partial charge on any atom is 0.191 e. The summed E-state index contributed by atoms with van der Waals surface area (Å²) in [7, 11) is 1.68. The van der Waals surface area contributed by atoms with E-state index >= 15 is 0 Å². The lowest BCUT2D eigenvalue weighted by Crippen LogP contribution is -2.36. The number of halogens is 2. The van der Waals surface area contributed by atoms with Crippen molar-refractivity contribution in [1.29, 1.82) is 0 Å². The summed E-state index contributed by atoms with van der Waals surface area (Å²) >= 11 is 0. The van der Waals surface area contributed by atoms with Gasteiger partial charge in [-0.2, -0.15) is 0 Å². The molecule has 0 amide bonds. The van der Waals surface area contributed by atoms with E-state index in [1.165, 1.54) is 12.1 Å². The minimum atomic E-state index is -0.624. The van der Waals surface area contributed by atoms with Crippen molar-refractivity contribution >= 4 is 29.9 Å². The number of nitrogens with one attached hydrogen (secondary N) is 2. The Morgan fingerprint density at radius 2 is 1.68 bits per heavy atom. The monoisotopic (exact) mass is 415 g/mol. The fraction of sp³-hybridized carbons (Fsp3) is 0.188. The Labute approximate surface area is 146 Å². The molecule has 0 saturated heterocycles. The highest BCUT2D eigenvalue weighted by Gasteiger charge is 2.03. The van der Waals surface area contributed by atoms with Gasteiger partial charge in [-0.05, 0) is 23.3 Å². The van der Waals surface area contributed by atoms with E-state index in [0.717, 1.165) is 11.1 Å². The number of aliphatic imine (C=N–C) groups is 1. The first-order valence-electron chi connectivity index (χ1n) is 6.65. The molecule has 0 aliphatic carbocycles. The number of aromatic hydroxyl groups is 1. The lowest BCUT2D eigenvalue weighted by atomic mass is 10.2. The molecule has 0 atom stereocenters. The molecule has 0 fully saturated rings. The van der Waals surface area contributed by atoms with Gasteiger partial charge in [-0.3, -0.25) is 4.99 Å². The number of phenolic OH excluding ortho intramolecular Hbond substituents is 1.